The van der Waals surface area contributed by atoms with Gasteiger partial charge in [-0.25, -0.2) is 0 Å². The number of nitrogens with zero attached hydrogens (tertiary/aromatic N) is 1. The summed E-state index contributed by atoms with van der Waals surface area (Å²) < 4.78 is 0.845. The van der Waals surface area contributed by atoms with Gasteiger partial charge in [0.05, 0.1) is 24.5 Å². The van der Waals surface area contributed by atoms with Crippen molar-refractivity contribution in [3.8, 4) is 5.75 Å². The van der Waals surface area contributed by atoms with Crippen molar-refractivity contribution in [2.75, 3.05) is 13.7 Å². The lowest BCUT2D eigenvalue weighted by Crippen LogP contribution is -2.38. The molecule has 184 valence electrons. The van der Waals surface area contributed by atoms with Crippen molar-refractivity contribution in [2.24, 2.45) is 17.8 Å². The summed E-state index contributed by atoms with van der Waals surface area (Å²) >= 11 is 3.45. The Morgan fingerprint density at radius 1 is 1.17 bits per heavy atom. The van der Waals surface area contributed by atoms with Crippen LogP contribution in [0.15, 0.2) is 64.1 Å². The molecule has 35 heavy (non-hydrogen) atoms. The van der Waals surface area contributed by atoms with Gasteiger partial charge in [0.15, 0.2) is 0 Å². The molecule has 2 aromatic rings. The van der Waals surface area contributed by atoms with Crippen molar-refractivity contribution in [3.05, 3.63) is 75.3 Å². The van der Waals surface area contributed by atoms with Gasteiger partial charge in [0.1, 0.15) is 5.75 Å². The number of allylic oxidation sites excluding steroid dienone is 2. The lowest BCUT2D eigenvalue weighted by molar-refractivity contribution is -0.138. The molecule has 0 bridgehead atoms. The van der Waals surface area contributed by atoms with E-state index in [0.717, 1.165) is 26.1 Å². The number of amides is 2. The van der Waals surface area contributed by atoms with Gasteiger partial charge in [0.25, 0.3) is 0 Å². The van der Waals surface area contributed by atoms with E-state index >= 15 is 0 Å². The summed E-state index contributed by atoms with van der Waals surface area (Å²) in [5.74, 6) is -2.02. The number of aliphatic hydroxyl groups is 2. The molecule has 0 radical (unpaired) electrons. The van der Waals surface area contributed by atoms with Crippen LogP contribution in [0.3, 0.4) is 0 Å². The third-order valence-electron chi connectivity index (χ3n) is 7.26. The third-order valence-corrected chi connectivity index (χ3v) is 7.75. The van der Waals surface area contributed by atoms with Crippen molar-refractivity contribution in [1.82, 2.24) is 4.90 Å². The molecule has 0 spiro atoms. The van der Waals surface area contributed by atoms with Gasteiger partial charge in [0.2, 0.25) is 11.8 Å². The number of halogens is 1. The summed E-state index contributed by atoms with van der Waals surface area (Å²) in [4.78, 5) is 26.5. The Bertz CT molecular complexity index is 1190. The van der Waals surface area contributed by atoms with Gasteiger partial charge in [-0.15, -0.1) is 0 Å². The number of hydrogen-bond acceptors (Lipinski definition) is 5. The van der Waals surface area contributed by atoms with E-state index in [1.54, 1.807) is 12.1 Å². The molecule has 2 aromatic carbocycles. The topological polar surface area (TPSA) is 98.1 Å². The number of aromatic hydroxyl groups is 1. The van der Waals surface area contributed by atoms with Crippen LogP contribution in [0, 0.1) is 17.8 Å². The SMILES string of the molecule is CC1=C([C@H](O)CC/C(=C/c2cc(Br)ccc2O)c2ccccc2)[C@H](CO)[C@@H]2C(=O)N(C)C(=O)[C@@H]2C1. The van der Waals surface area contributed by atoms with Gasteiger partial charge in [-0.3, -0.25) is 14.5 Å². The molecule has 0 aromatic heterocycles. The molecule has 7 heteroatoms. The molecule has 1 aliphatic carbocycles. The number of hydrogen-bond donors (Lipinski definition) is 3. The highest BCUT2D eigenvalue weighted by molar-refractivity contribution is 9.10. The summed E-state index contributed by atoms with van der Waals surface area (Å²) in [5.41, 5.74) is 4.12. The first-order valence-corrected chi connectivity index (χ1v) is 12.6. The maximum atomic E-state index is 12.8. The van der Waals surface area contributed by atoms with Crippen LogP contribution in [0.2, 0.25) is 0 Å². The zero-order valence-corrected chi connectivity index (χ0v) is 21.4. The number of likely N-dealkylation sites (tertiary alicyclic amines) is 1. The van der Waals surface area contributed by atoms with E-state index in [1.807, 2.05) is 49.4 Å². The standard InChI is InChI=1S/C28H30BrNO5/c1-16-12-21-26(28(35)30(2)27(21)34)22(15-31)25(16)24(33)10-8-18(17-6-4-3-5-7-17)13-19-14-20(29)9-11-23(19)32/h3-7,9,11,13-14,21-22,24,26,31-33H,8,10,12,15H2,1-2H3/b18-13-/t21-,22+,24-,26-/m1/s1. The highest BCUT2D eigenvalue weighted by Crippen LogP contribution is 2.45. The minimum absolute atomic E-state index is 0.160. The van der Waals surface area contributed by atoms with Crippen molar-refractivity contribution in [3.63, 3.8) is 0 Å². The fraction of sp³-hybridized carbons (Fsp3) is 0.357. The number of imide groups is 1. The Morgan fingerprint density at radius 2 is 1.89 bits per heavy atom. The summed E-state index contributed by atoms with van der Waals surface area (Å²) in [6.45, 7) is 1.58. The monoisotopic (exact) mass is 539 g/mol. The lowest BCUT2D eigenvalue weighted by atomic mass is 9.68. The molecule has 0 unspecified atom stereocenters. The normalized spacial score (nSPS) is 23.6. The fourth-order valence-corrected chi connectivity index (χ4v) is 5.88. The van der Waals surface area contributed by atoms with Gasteiger partial charge >= 0.3 is 0 Å². The smallest absolute Gasteiger partial charge is 0.233 e. The molecule has 1 fully saturated rings. The molecule has 1 aliphatic heterocycles. The number of rotatable bonds is 7. The van der Waals surface area contributed by atoms with E-state index in [0.29, 0.717) is 30.4 Å². The molecular weight excluding hydrogens is 510 g/mol. The number of benzene rings is 2. The second-order valence-corrected chi connectivity index (χ2v) is 10.3. The number of phenolic OH excluding ortho intramolecular Hbond substituents is 1. The molecule has 3 N–H and O–H groups in total. The molecule has 4 rings (SSSR count). The average Bonchev–Trinajstić information content (AvgIpc) is 3.06. The van der Waals surface area contributed by atoms with E-state index in [1.165, 1.54) is 7.05 Å². The van der Waals surface area contributed by atoms with Gasteiger partial charge < -0.3 is 15.3 Å². The second kappa shape index (κ2) is 10.5. The van der Waals surface area contributed by atoms with Crippen LogP contribution < -0.4 is 0 Å². The third kappa shape index (κ3) is 4.99. The molecule has 0 saturated carbocycles. The van der Waals surface area contributed by atoms with E-state index in [2.05, 4.69) is 15.9 Å². The van der Waals surface area contributed by atoms with E-state index < -0.39 is 23.9 Å². The molecule has 1 heterocycles. The number of fused-ring (bicyclic) bond motifs is 1. The van der Waals surface area contributed by atoms with Crippen molar-refractivity contribution < 1.29 is 24.9 Å². The average molecular weight is 540 g/mol. The number of carbonyl (C=O) groups excluding carboxylic acids is 2. The van der Waals surface area contributed by atoms with Crippen LogP contribution in [0.5, 0.6) is 5.75 Å². The maximum absolute atomic E-state index is 12.8. The summed E-state index contributed by atoms with van der Waals surface area (Å²) in [5, 5.41) is 31.8. The first-order valence-electron chi connectivity index (χ1n) is 11.8. The molecule has 6 nitrogen and oxygen atoms in total. The Morgan fingerprint density at radius 3 is 2.57 bits per heavy atom. The maximum Gasteiger partial charge on any atom is 0.233 e. The van der Waals surface area contributed by atoms with Gasteiger partial charge in [0, 0.05) is 23.0 Å². The Balaban J connectivity index is 1.62. The van der Waals surface area contributed by atoms with Crippen LogP contribution >= 0.6 is 15.9 Å². The summed E-state index contributed by atoms with van der Waals surface area (Å²) in [6, 6.07) is 15.0. The highest BCUT2D eigenvalue weighted by atomic mass is 79.9. The van der Waals surface area contributed by atoms with E-state index in [9.17, 15) is 24.9 Å². The zero-order chi connectivity index (χ0) is 25.3. The van der Waals surface area contributed by atoms with Crippen LogP contribution in [-0.4, -0.2) is 51.8 Å². The summed E-state index contributed by atoms with van der Waals surface area (Å²) in [7, 11) is 1.48. The molecular formula is C28H30BrNO5. The van der Waals surface area contributed by atoms with E-state index in [4.69, 9.17) is 0 Å². The minimum atomic E-state index is -0.870. The molecule has 1 saturated heterocycles. The predicted octanol–water partition coefficient (Wildman–Crippen LogP) is 4.40. The van der Waals surface area contributed by atoms with Crippen molar-refractivity contribution in [2.45, 2.75) is 32.3 Å². The Kier molecular flexibility index (Phi) is 7.59. The van der Waals surface area contributed by atoms with E-state index in [-0.39, 0.29) is 24.2 Å². The second-order valence-electron chi connectivity index (χ2n) is 9.39. The largest absolute Gasteiger partial charge is 0.507 e. The quantitative estimate of drug-likeness (QED) is 0.275. The van der Waals surface area contributed by atoms with Crippen LogP contribution in [-0.2, 0) is 9.59 Å². The minimum Gasteiger partial charge on any atom is -0.507 e. The first-order chi connectivity index (χ1) is 16.7. The predicted molar refractivity (Wildman–Crippen MR) is 138 cm³/mol. The fourth-order valence-electron chi connectivity index (χ4n) is 5.50. The number of phenols is 1. The first kappa shape index (κ1) is 25.4. The number of carbonyl (C=O) groups is 2. The van der Waals surface area contributed by atoms with Gasteiger partial charge in [-0.05, 0) is 67.2 Å². The molecule has 2 aliphatic rings. The van der Waals surface area contributed by atoms with Gasteiger partial charge in [-0.2, -0.15) is 0 Å². The molecule has 2 amide bonds. The Hall–Kier alpha value is -2.74. The van der Waals surface area contributed by atoms with Crippen molar-refractivity contribution >= 4 is 39.4 Å². The van der Waals surface area contributed by atoms with Crippen LogP contribution in [0.1, 0.15) is 37.3 Å². The molecule has 4 atom stereocenters. The summed E-state index contributed by atoms with van der Waals surface area (Å²) in [6.07, 6.45) is 2.33. The zero-order valence-electron chi connectivity index (χ0n) is 19.8. The lowest BCUT2D eigenvalue weighted by Gasteiger charge is -2.35. The van der Waals surface area contributed by atoms with Crippen molar-refractivity contribution in [1.29, 1.82) is 0 Å². The number of aliphatic hydroxyl groups excluding tert-OH is 2. The van der Waals surface area contributed by atoms with Crippen LogP contribution in [0.4, 0.5) is 0 Å². The highest BCUT2D eigenvalue weighted by Gasteiger charge is 2.53. The Labute approximate surface area is 213 Å². The van der Waals surface area contributed by atoms with Gasteiger partial charge in [-0.1, -0.05) is 51.8 Å². The van der Waals surface area contributed by atoms with Crippen LogP contribution in [0.25, 0.3) is 11.6 Å².